The van der Waals surface area contributed by atoms with Crippen molar-refractivity contribution in [1.29, 1.82) is 0 Å². The molecule has 174 valence electrons. The molecule has 32 heavy (non-hydrogen) atoms. The van der Waals surface area contributed by atoms with Crippen LogP contribution in [0.2, 0.25) is 5.02 Å². The van der Waals surface area contributed by atoms with E-state index in [1.807, 2.05) is 0 Å². The molecule has 3 saturated heterocycles. The molecule has 3 fully saturated rings. The molecule has 3 aliphatic heterocycles. The minimum Gasteiger partial charge on any atom is -0.396 e. The number of likely N-dealkylation sites (tertiary alicyclic amines) is 1. The van der Waals surface area contributed by atoms with E-state index in [-0.39, 0.29) is 35.5 Å². The summed E-state index contributed by atoms with van der Waals surface area (Å²) < 4.78 is -0.638. The number of hydrogen-bond donors (Lipinski definition) is 3. The van der Waals surface area contributed by atoms with Gasteiger partial charge in [-0.25, -0.2) is 0 Å². The number of unbranched alkanes of at least 4 members (excludes halogenated alkanes) is 2. The third-order valence-electron chi connectivity index (χ3n) is 7.23. The fraction of sp³-hybridized carbons (Fsp3) is 0.609. The van der Waals surface area contributed by atoms with E-state index in [9.17, 15) is 14.4 Å². The van der Waals surface area contributed by atoms with E-state index in [2.05, 4.69) is 17.6 Å². The highest BCUT2D eigenvalue weighted by Gasteiger charge is 2.75. The van der Waals surface area contributed by atoms with E-state index < -0.39 is 22.6 Å². The third kappa shape index (κ3) is 3.60. The van der Waals surface area contributed by atoms with E-state index in [4.69, 9.17) is 16.7 Å². The number of anilines is 1. The lowest BCUT2D eigenvalue weighted by atomic mass is 9.66. The lowest BCUT2D eigenvalue weighted by Crippen LogP contribution is -2.55. The summed E-state index contributed by atoms with van der Waals surface area (Å²) in [5.74, 6) is -1.30. The first-order valence-corrected chi connectivity index (χ1v) is 12.5. The first-order valence-electron chi connectivity index (χ1n) is 11.2. The molecule has 3 aliphatic rings. The first kappa shape index (κ1) is 23.4. The average molecular weight is 480 g/mol. The number of para-hydroxylation sites is 1. The highest BCUT2D eigenvalue weighted by Crippen LogP contribution is 2.68. The van der Waals surface area contributed by atoms with Gasteiger partial charge >= 0.3 is 0 Å². The van der Waals surface area contributed by atoms with Gasteiger partial charge in [0.15, 0.2) is 0 Å². The summed E-state index contributed by atoms with van der Waals surface area (Å²) in [5, 5.41) is 15.3. The molecule has 1 spiro atoms. The molecule has 6 atom stereocenters. The fourth-order valence-electron chi connectivity index (χ4n) is 5.86. The second-order valence-electron chi connectivity index (χ2n) is 8.95. The van der Waals surface area contributed by atoms with Gasteiger partial charge in [-0.1, -0.05) is 30.7 Å². The molecule has 3 unspecified atom stereocenters. The number of aliphatic hydroxyl groups is 1. The number of nitrogens with zero attached hydrogens (tertiary/aromatic N) is 1. The molecule has 2 bridgehead atoms. The summed E-state index contributed by atoms with van der Waals surface area (Å²) in [5.41, 5.74) is 0.514. The van der Waals surface area contributed by atoms with Gasteiger partial charge in [-0.3, -0.25) is 14.4 Å². The van der Waals surface area contributed by atoms with Crippen LogP contribution < -0.4 is 10.6 Å². The van der Waals surface area contributed by atoms with Crippen LogP contribution in [0.3, 0.4) is 0 Å². The SMILES string of the molecule is CNC(=O)[C@@H]1[C@H]2C(=O)N(CCCCCO)C(C(=O)Nc3ccccc3Cl)C23S[C@@H]1CC3C. The number of hydrogen-bond acceptors (Lipinski definition) is 5. The van der Waals surface area contributed by atoms with E-state index in [0.29, 0.717) is 30.1 Å². The number of carbonyl (C=O) groups is 3. The Labute approximate surface area is 197 Å². The molecule has 3 amide bonds. The van der Waals surface area contributed by atoms with Crippen LogP contribution in [-0.4, -0.2) is 64.0 Å². The van der Waals surface area contributed by atoms with Crippen molar-refractivity contribution in [1.82, 2.24) is 10.2 Å². The topological polar surface area (TPSA) is 98.7 Å². The molecule has 7 nitrogen and oxygen atoms in total. The Morgan fingerprint density at radius 1 is 1.25 bits per heavy atom. The molecule has 3 heterocycles. The molecule has 0 radical (unpaired) electrons. The number of rotatable bonds is 8. The van der Waals surface area contributed by atoms with Crippen LogP contribution in [0.5, 0.6) is 0 Å². The van der Waals surface area contributed by atoms with Crippen molar-refractivity contribution in [3.05, 3.63) is 29.3 Å². The lowest BCUT2D eigenvalue weighted by molar-refractivity contribution is -0.139. The lowest BCUT2D eigenvalue weighted by Gasteiger charge is -2.38. The van der Waals surface area contributed by atoms with E-state index >= 15 is 0 Å². The number of fused-ring (bicyclic) bond motifs is 1. The van der Waals surface area contributed by atoms with E-state index in [1.54, 1.807) is 48.0 Å². The molecule has 3 N–H and O–H groups in total. The second kappa shape index (κ2) is 9.23. The summed E-state index contributed by atoms with van der Waals surface area (Å²) in [6.07, 6.45) is 2.92. The highest BCUT2D eigenvalue weighted by atomic mass is 35.5. The van der Waals surface area contributed by atoms with Gasteiger partial charge in [0.2, 0.25) is 17.7 Å². The zero-order valence-electron chi connectivity index (χ0n) is 18.3. The average Bonchev–Trinajstić information content (AvgIpc) is 3.36. The normalized spacial score (nSPS) is 32.8. The van der Waals surface area contributed by atoms with Crippen LogP contribution in [-0.2, 0) is 14.4 Å². The molecule has 0 aromatic heterocycles. The number of carbonyl (C=O) groups excluding carboxylic acids is 3. The Bertz CT molecular complexity index is 915. The van der Waals surface area contributed by atoms with Crippen LogP contribution in [0.15, 0.2) is 24.3 Å². The zero-order valence-corrected chi connectivity index (χ0v) is 19.9. The molecular formula is C23H30ClN3O4S. The second-order valence-corrected chi connectivity index (χ2v) is 10.9. The molecule has 1 aromatic carbocycles. The smallest absolute Gasteiger partial charge is 0.248 e. The number of benzene rings is 1. The van der Waals surface area contributed by atoms with Crippen LogP contribution >= 0.6 is 23.4 Å². The third-order valence-corrected chi connectivity index (χ3v) is 9.64. The molecule has 1 aromatic rings. The Hall–Kier alpha value is -1.77. The predicted molar refractivity (Wildman–Crippen MR) is 125 cm³/mol. The van der Waals surface area contributed by atoms with Crippen molar-refractivity contribution in [3.63, 3.8) is 0 Å². The summed E-state index contributed by atoms with van der Waals surface area (Å²) in [6.45, 7) is 2.62. The van der Waals surface area contributed by atoms with Crippen molar-refractivity contribution in [2.24, 2.45) is 17.8 Å². The highest BCUT2D eigenvalue weighted by molar-refractivity contribution is 8.02. The van der Waals surface area contributed by atoms with Crippen molar-refractivity contribution < 1.29 is 19.5 Å². The van der Waals surface area contributed by atoms with Crippen molar-refractivity contribution in [3.8, 4) is 0 Å². The maximum atomic E-state index is 13.7. The van der Waals surface area contributed by atoms with Gasteiger partial charge in [-0.2, -0.15) is 0 Å². The maximum Gasteiger partial charge on any atom is 0.248 e. The quantitative estimate of drug-likeness (QED) is 0.498. The Morgan fingerprint density at radius 2 is 2.00 bits per heavy atom. The molecule has 0 saturated carbocycles. The van der Waals surface area contributed by atoms with Crippen molar-refractivity contribution in [2.75, 3.05) is 25.5 Å². The molecule has 9 heteroatoms. The molecular weight excluding hydrogens is 450 g/mol. The van der Waals surface area contributed by atoms with Crippen molar-refractivity contribution >= 4 is 46.8 Å². The first-order chi connectivity index (χ1) is 15.4. The largest absolute Gasteiger partial charge is 0.396 e. The number of nitrogens with one attached hydrogen (secondary N) is 2. The van der Waals surface area contributed by atoms with Gasteiger partial charge in [-0.05, 0) is 43.7 Å². The Kier molecular flexibility index (Phi) is 6.75. The summed E-state index contributed by atoms with van der Waals surface area (Å²) in [7, 11) is 1.60. The van der Waals surface area contributed by atoms with Crippen LogP contribution in [0.4, 0.5) is 5.69 Å². The van der Waals surface area contributed by atoms with Gasteiger partial charge in [0.1, 0.15) is 6.04 Å². The van der Waals surface area contributed by atoms with Gasteiger partial charge in [0.25, 0.3) is 0 Å². The van der Waals surface area contributed by atoms with Gasteiger partial charge < -0.3 is 20.6 Å². The minimum atomic E-state index is -0.676. The fourth-order valence-corrected chi connectivity index (χ4v) is 8.47. The van der Waals surface area contributed by atoms with Crippen LogP contribution in [0.1, 0.15) is 32.6 Å². The molecule has 4 rings (SSSR count). The maximum absolute atomic E-state index is 13.7. The number of thioether (sulfide) groups is 1. The van der Waals surface area contributed by atoms with Crippen LogP contribution in [0.25, 0.3) is 0 Å². The Morgan fingerprint density at radius 3 is 2.69 bits per heavy atom. The summed E-state index contributed by atoms with van der Waals surface area (Å²) >= 11 is 7.94. The predicted octanol–water partition coefficient (Wildman–Crippen LogP) is 2.52. The zero-order chi connectivity index (χ0) is 23.0. The number of halogens is 1. The van der Waals surface area contributed by atoms with E-state index in [1.165, 1.54) is 0 Å². The number of aliphatic hydroxyl groups excluding tert-OH is 1. The van der Waals surface area contributed by atoms with E-state index in [0.717, 1.165) is 12.8 Å². The van der Waals surface area contributed by atoms with Gasteiger partial charge in [0, 0.05) is 25.4 Å². The summed E-state index contributed by atoms with van der Waals surface area (Å²) in [4.78, 5) is 41.9. The molecule has 0 aliphatic carbocycles. The monoisotopic (exact) mass is 479 g/mol. The minimum absolute atomic E-state index is 0.0334. The Balaban J connectivity index is 1.70. The number of amides is 3. The van der Waals surface area contributed by atoms with Crippen molar-refractivity contribution in [2.45, 2.75) is 48.6 Å². The van der Waals surface area contributed by atoms with Gasteiger partial charge in [0.05, 0.1) is 27.3 Å². The van der Waals surface area contributed by atoms with Gasteiger partial charge in [-0.15, -0.1) is 11.8 Å². The standard InChI is InChI=1S/C23H30ClN3O4S/c1-13-12-16-17(20(29)25-2)18-22(31)27(10-6-3-7-11-28)19(23(13,18)32-16)21(30)26-15-9-5-4-8-14(15)24/h4-5,8-9,13,16-19,28H,3,6-7,10-12H2,1-2H3,(H,25,29)(H,26,30)/t13?,16-,17+,18+,19?,23?/m1/s1. The van der Waals surface area contributed by atoms with Crippen LogP contribution in [0, 0.1) is 17.8 Å². The summed E-state index contributed by atoms with van der Waals surface area (Å²) in [6, 6.07) is 6.38.